The second kappa shape index (κ2) is 11.3. The van der Waals surface area contributed by atoms with Crippen LogP contribution < -0.4 is 15.4 Å². The Kier molecular flexibility index (Phi) is 7.64. The van der Waals surface area contributed by atoms with Gasteiger partial charge in [0.1, 0.15) is 5.75 Å². The Morgan fingerprint density at radius 1 is 1.15 bits per heavy atom. The summed E-state index contributed by atoms with van der Waals surface area (Å²) in [5.41, 5.74) is 1.85. The lowest BCUT2D eigenvalue weighted by Crippen LogP contribution is -2.38. The van der Waals surface area contributed by atoms with Gasteiger partial charge in [0, 0.05) is 61.0 Å². The summed E-state index contributed by atoms with van der Waals surface area (Å²) in [6.45, 7) is 1.23. The zero-order valence-corrected chi connectivity index (χ0v) is 21.0. The highest BCUT2D eigenvalue weighted by atomic mass is 19.3. The van der Waals surface area contributed by atoms with Crippen molar-refractivity contribution in [3.63, 3.8) is 0 Å². The first kappa shape index (κ1) is 26.4. The summed E-state index contributed by atoms with van der Waals surface area (Å²) in [4.78, 5) is 32.5. The van der Waals surface area contributed by atoms with Crippen LogP contribution in [0.3, 0.4) is 0 Å². The van der Waals surface area contributed by atoms with Crippen molar-refractivity contribution >= 4 is 23.2 Å². The number of benzene rings is 2. The number of nitrogens with zero attached hydrogens (tertiary/aromatic N) is 3. The fourth-order valence-corrected chi connectivity index (χ4v) is 4.57. The molecule has 2 aromatic carbocycles. The van der Waals surface area contributed by atoms with Crippen LogP contribution in [0.2, 0.25) is 0 Å². The van der Waals surface area contributed by atoms with Crippen molar-refractivity contribution in [2.45, 2.75) is 38.2 Å². The number of carbonyl (C=O) groups excluding carboxylic acids is 1. The minimum Gasteiger partial charge on any atom is -0.493 e. The second-order valence-corrected chi connectivity index (χ2v) is 9.66. The molecule has 1 saturated carbocycles. The molecular formula is C27H27F2N5O5. The number of nitro groups is 1. The SMILES string of the molecule is O=C1NCCCCOCc2cc(ccc2OCC2CC(F)(F)C2)Nc2nccc(n2)-c2ccc1cc2[N+](=O)[O-]. The third-order valence-electron chi connectivity index (χ3n) is 6.61. The van der Waals surface area contributed by atoms with Gasteiger partial charge in [-0.1, -0.05) is 0 Å². The van der Waals surface area contributed by atoms with Gasteiger partial charge in [-0.2, -0.15) is 0 Å². The number of hydrogen-bond donors (Lipinski definition) is 2. The highest BCUT2D eigenvalue weighted by molar-refractivity contribution is 5.96. The summed E-state index contributed by atoms with van der Waals surface area (Å²) in [6.07, 6.45) is 2.44. The van der Waals surface area contributed by atoms with Crippen LogP contribution in [0, 0.1) is 16.0 Å². The average Bonchev–Trinajstić information content (AvgIpc) is 2.90. The van der Waals surface area contributed by atoms with E-state index >= 15 is 0 Å². The molecule has 12 heteroatoms. The van der Waals surface area contributed by atoms with E-state index in [0.717, 1.165) is 5.56 Å². The molecule has 0 radical (unpaired) electrons. The van der Waals surface area contributed by atoms with E-state index in [2.05, 4.69) is 20.6 Å². The molecule has 0 atom stereocenters. The van der Waals surface area contributed by atoms with Crippen LogP contribution in [-0.4, -0.2) is 46.5 Å². The van der Waals surface area contributed by atoms with E-state index in [-0.39, 0.29) is 54.7 Å². The lowest BCUT2D eigenvalue weighted by atomic mass is 9.82. The number of nitro benzene ring substituents is 1. The molecule has 2 N–H and O–H groups in total. The Morgan fingerprint density at radius 2 is 2.00 bits per heavy atom. The predicted molar refractivity (Wildman–Crippen MR) is 138 cm³/mol. The van der Waals surface area contributed by atoms with Crippen LogP contribution in [-0.2, 0) is 11.3 Å². The van der Waals surface area contributed by atoms with Crippen molar-refractivity contribution in [2.24, 2.45) is 5.92 Å². The average molecular weight is 540 g/mol. The number of anilines is 2. The molecule has 6 rings (SSSR count). The Bertz CT molecular complexity index is 1380. The first-order valence-electron chi connectivity index (χ1n) is 12.7. The number of carbonyl (C=O) groups is 1. The molecule has 1 aromatic heterocycles. The summed E-state index contributed by atoms with van der Waals surface area (Å²) in [7, 11) is 0. The van der Waals surface area contributed by atoms with Gasteiger partial charge in [-0.3, -0.25) is 14.9 Å². The number of ether oxygens (including phenoxy) is 2. The summed E-state index contributed by atoms with van der Waals surface area (Å²) >= 11 is 0. The quantitative estimate of drug-likeness (QED) is 0.339. The zero-order chi connectivity index (χ0) is 27.4. The van der Waals surface area contributed by atoms with Gasteiger partial charge in [0.2, 0.25) is 11.9 Å². The molecule has 2 aliphatic heterocycles. The lowest BCUT2D eigenvalue weighted by molar-refractivity contribution is -0.384. The fourth-order valence-electron chi connectivity index (χ4n) is 4.57. The Morgan fingerprint density at radius 3 is 2.79 bits per heavy atom. The fraction of sp³-hybridized carbons (Fsp3) is 0.370. The minimum absolute atomic E-state index is 0.177. The van der Waals surface area contributed by atoms with E-state index in [1.165, 1.54) is 24.4 Å². The van der Waals surface area contributed by atoms with Gasteiger partial charge >= 0.3 is 0 Å². The number of rotatable bonds is 4. The van der Waals surface area contributed by atoms with Crippen molar-refractivity contribution < 1.29 is 28.0 Å². The molecule has 3 aliphatic rings. The third kappa shape index (κ3) is 6.45. The molecule has 10 nitrogen and oxygen atoms in total. The first-order valence-corrected chi connectivity index (χ1v) is 12.7. The Labute approximate surface area is 222 Å². The van der Waals surface area contributed by atoms with Crippen molar-refractivity contribution in [1.82, 2.24) is 15.3 Å². The van der Waals surface area contributed by atoms with Gasteiger partial charge in [0.15, 0.2) is 0 Å². The number of halogens is 2. The molecular weight excluding hydrogens is 512 g/mol. The molecule has 1 amide bonds. The van der Waals surface area contributed by atoms with Crippen LogP contribution >= 0.6 is 0 Å². The highest BCUT2D eigenvalue weighted by Crippen LogP contribution is 2.42. The number of alkyl halides is 2. The first-order chi connectivity index (χ1) is 18.8. The zero-order valence-electron chi connectivity index (χ0n) is 21.0. The van der Waals surface area contributed by atoms with E-state index in [9.17, 15) is 23.7 Å². The van der Waals surface area contributed by atoms with E-state index in [0.29, 0.717) is 43.1 Å². The molecule has 3 heterocycles. The summed E-state index contributed by atoms with van der Waals surface area (Å²) < 4.78 is 38.2. The Balaban J connectivity index is 1.43. The summed E-state index contributed by atoms with van der Waals surface area (Å²) in [5, 5.41) is 17.7. The van der Waals surface area contributed by atoms with Gasteiger partial charge in [-0.05, 0) is 49.2 Å². The van der Waals surface area contributed by atoms with E-state index in [1.807, 2.05) is 6.07 Å². The van der Waals surface area contributed by atoms with Gasteiger partial charge < -0.3 is 20.1 Å². The van der Waals surface area contributed by atoms with Crippen molar-refractivity contribution in [2.75, 3.05) is 25.1 Å². The predicted octanol–water partition coefficient (Wildman–Crippen LogP) is 5.26. The Hall–Kier alpha value is -4.19. The highest BCUT2D eigenvalue weighted by Gasteiger charge is 2.45. The third-order valence-corrected chi connectivity index (χ3v) is 6.61. The van der Waals surface area contributed by atoms with Crippen molar-refractivity contribution in [3.8, 4) is 17.0 Å². The molecule has 1 aliphatic carbocycles. The molecule has 0 saturated heterocycles. The molecule has 204 valence electrons. The monoisotopic (exact) mass is 539 g/mol. The van der Waals surface area contributed by atoms with Crippen molar-refractivity contribution in [1.29, 1.82) is 0 Å². The van der Waals surface area contributed by atoms with Gasteiger partial charge in [0.25, 0.3) is 11.6 Å². The normalized spacial score (nSPS) is 17.5. The molecule has 0 unspecified atom stereocenters. The number of aromatic nitrogens is 2. The molecule has 1 fully saturated rings. The summed E-state index contributed by atoms with van der Waals surface area (Å²) in [6, 6.07) is 11.1. The van der Waals surface area contributed by atoms with Crippen molar-refractivity contribution in [3.05, 3.63) is 69.9 Å². The topological polar surface area (TPSA) is 129 Å². The number of hydrogen-bond acceptors (Lipinski definition) is 8. The van der Waals surface area contributed by atoms with Crippen LogP contribution in [0.25, 0.3) is 11.3 Å². The van der Waals surface area contributed by atoms with Gasteiger partial charge in [0.05, 0.1) is 29.4 Å². The van der Waals surface area contributed by atoms with Crippen LogP contribution in [0.15, 0.2) is 48.7 Å². The van der Waals surface area contributed by atoms with Gasteiger partial charge in [-0.25, -0.2) is 18.7 Å². The maximum absolute atomic E-state index is 13.2. The molecule has 3 aromatic rings. The number of fused-ring (bicyclic) bond motifs is 9. The van der Waals surface area contributed by atoms with Crippen LogP contribution in [0.1, 0.15) is 41.6 Å². The van der Waals surface area contributed by atoms with Gasteiger partial charge in [-0.15, -0.1) is 0 Å². The number of nitrogens with one attached hydrogen (secondary N) is 2. The lowest BCUT2D eigenvalue weighted by Gasteiger charge is -2.34. The maximum atomic E-state index is 13.2. The smallest absolute Gasteiger partial charge is 0.279 e. The standard InChI is InChI=1S/C27H27F2N5O5/c28-27(29)13-17(14-27)15-39-24-6-4-20-11-19(24)16-38-10-2-1-8-30-25(35)18-3-5-21(23(12-18)34(36)37)22-7-9-31-26(32-20)33-22/h3-7,9,11-12,17H,1-2,8,10,13-16H2,(H,30,35)(H,31,32,33). The van der Waals surface area contributed by atoms with Crippen LogP contribution in [0.5, 0.6) is 5.75 Å². The minimum atomic E-state index is -2.61. The molecule has 0 spiro atoms. The van der Waals surface area contributed by atoms with E-state index in [1.54, 1.807) is 18.2 Å². The molecule has 6 bridgehead atoms. The largest absolute Gasteiger partial charge is 0.493 e. The number of amides is 1. The maximum Gasteiger partial charge on any atom is 0.279 e. The van der Waals surface area contributed by atoms with E-state index in [4.69, 9.17) is 9.47 Å². The van der Waals surface area contributed by atoms with Crippen LogP contribution in [0.4, 0.5) is 26.1 Å². The second-order valence-electron chi connectivity index (χ2n) is 9.66. The molecule has 39 heavy (non-hydrogen) atoms. The summed E-state index contributed by atoms with van der Waals surface area (Å²) in [5.74, 6) is -2.46. The van der Waals surface area contributed by atoms with E-state index < -0.39 is 16.8 Å².